The fraction of sp³-hybridized carbons (Fsp3) is 0. The number of allylic oxidation sites excluding steroid dienone is 3. The van der Waals surface area contributed by atoms with Crippen molar-refractivity contribution in [3.63, 3.8) is 0 Å². The molecule has 0 aromatic carbocycles. The van der Waals surface area contributed by atoms with Gasteiger partial charge in [-0.3, -0.25) is 0 Å². The highest BCUT2D eigenvalue weighted by Crippen LogP contribution is 2.54. The maximum atomic E-state index is 12.2. The third-order valence-electron chi connectivity index (χ3n) is 1.50. The number of carbonyl (C=O) groups excluding carboxylic acids is 6. The van der Waals surface area contributed by atoms with Gasteiger partial charge in [0.15, 0.2) is 17.8 Å². The summed E-state index contributed by atoms with van der Waals surface area (Å²) in [4.78, 5) is 61.9. The summed E-state index contributed by atoms with van der Waals surface area (Å²) in [5.41, 5.74) is 0. The van der Waals surface area contributed by atoms with E-state index in [4.69, 9.17) is 0 Å². The second kappa shape index (κ2) is 10.1. The van der Waals surface area contributed by atoms with E-state index in [1.54, 1.807) is 0 Å². The van der Waals surface area contributed by atoms with Crippen LogP contribution in [0.3, 0.4) is 0 Å². The Balaban J connectivity index is 5.90. The van der Waals surface area contributed by atoms with Crippen LogP contribution >= 0.6 is 7.82 Å². The van der Waals surface area contributed by atoms with Gasteiger partial charge in [-0.1, -0.05) is 0 Å². The zero-order valence-corrected chi connectivity index (χ0v) is 11.7. The van der Waals surface area contributed by atoms with Gasteiger partial charge in [0.1, 0.15) is 17.8 Å². The Morgan fingerprint density at radius 2 is 0.870 bits per heavy atom. The first kappa shape index (κ1) is 19.3. The molecule has 0 unspecified atom stereocenters. The molecular formula is C12H3O10P. The van der Waals surface area contributed by atoms with Gasteiger partial charge in [0.05, 0.1) is 18.2 Å². The van der Waals surface area contributed by atoms with Crippen molar-refractivity contribution in [2.45, 2.75) is 0 Å². The SMILES string of the molecule is O=C=CC(=C=O)OP(=O)(OC(=C=O)C=C=O)OC(=C=O)C=C=O. The number of phosphoric acid groups is 1. The summed E-state index contributed by atoms with van der Waals surface area (Å²) in [7, 11) is -5.06. The topological polar surface area (TPSA) is 147 Å². The molecule has 0 fully saturated rings. The lowest BCUT2D eigenvalue weighted by Crippen LogP contribution is -2.01. The molecule has 0 aliphatic heterocycles. The third-order valence-corrected chi connectivity index (χ3v) is 2.76. The molecule has 0 saturated heterocycles. The van der Waals surface area contributed by atoms with Gasteiger partial charge in [0.25, 0.3) is 0 Å². The molecule has 116 valence electrons. The first-order valence-corrected chi connectivity index (χ1v) is 6.51. The van der Waals surface area contributed by atoms with Crippen LogP contribution in [-0.4, -0.2) is 35.6 Å². The fourth-order valence-electron chi connectivity index (χ4n) is 0.801. The quantitative estimate of drug-likeness (QED) is 0.232. The van der Waals surface area contributed by atoms with Gasteiger partial charge in [0.2, 0.25) is 17.3 Å². The van der Waals surface area contributed by atoms with Gasteiger partial charge >= 0.3 is 7.82 Å². The predicted octanol–water partition coefficient (Wildman–Crippen LogP) is -0.546. The van der Waals surface area contributed by atoms with Crippen LogP contribution in [0, 0.1) is 0 Å². The van der Waals surface area contributed by atoms with Crippen LogP contribution in [-0.2, 0) is 46.9 Å². The molecule has 0 heterocycles. The highest BCUT2D eigenvalue weighted by Gasteiger charge is 2.36. The predicted molar refractivity (Wildman–Crippen MR) is 69.3 cm³/mol. The molecule has 0 rings (SSSR count). The van der Waals surface area contributed by atoms with E-state index in [1.807, 2.05) is 0 Å². The largest absolute Gasteiger partial charge is 0.649 e. The highest BCUT2D eigenvalue weighted by molar-refractivity contribution is 7.49. The normalized spacial score (nSPS) is 10.3. The number of rotatable bonds is 9. The summed E-state index contributed by atoms with van der Waals surface area (Å²) in [5, 5.41) is 0. The van der Waals surface area contributed by atoms with Crippen LogP contribution < -0.4 is 0 Å². The van der Waals surface area contributed by atoms with Gasteiger partial charge in [-0.15, -0.1) is 0 Å². The van der Waals surface area contributed by atoms with E-state index in [2.05, 4.69) is 13.6 Å². The van der Waals surface area contributed by atoms with Gasteiger partial charge in [0, 0.05) is 0 Å². The average molecular weight is 338 g/mol. The molecule has 0 amide bonds. The highest BCUT2D eigenvalue weighted by atomic mass is 31.2. The molecule has 0 aliphatic carbocycles. The van der Waals surface area contributed by atoms with Crippen LogP contribution in [0.5, 0.6) is 0 Å². The molecular weight excluding hydrogens is 335 g/mol. The Hall–Kier alpha value is -3.67. The third kappa shape index (κ3) is 7.05. The number of phosphoric ester groups is 1. The van der Waals surface area contributed by atoms with Gasteiger partial charge in [-0.05, 0) is 0 Å². The molecule has 0 aliphatic rings. The second-order valence-corrected chi connectivity index (χ2v) is 4.35. The minimum absolute atomic E-state index is 0.325. The lowest BCUT2D eigenvalue weighted by molar-refractivity contribution is 0.208. The maximum absolute atomic E-state index is 12.2. The fourth-order valence-corrected chi connectivity index (χ4v) is 1.91. The van der Waals surface area contributed by atoms with Gasteiger partial charge in [-0.25, -0.2) is 28.8 Å². The molecule has 0 aromatic heterocycles. The summed E-state index contributed by atoms with van der Waals surface area (Å²) in [6.45, 7) is 0. The lowest BCUT2D eigenvalue weighted by atomic mass is 10.5. The monoisotopic (exact) mass is 338 g/mol. The summed E-state index contributed by atoms with van der Waals surface area (Å²) in [5.74, 6) is 3.13. The molecule has 11 heteroatoms. The average Bonchev–Trinajstić information content (AvgIpc) is 2.53. The van der Waals surface area contributed by atoms with Crippen LogP contribution in [0.1, 0.15) is 0 Å². The van der Waals surface area contributed by atoms with Crippen molar-refractivity contribution >= 4 is 43.5 Å². The van der Waals surface area contributed by atoms with E-state index >= 15 is 0 Å². The van der Waals surface area contributed by atoms with Crippen molar-refractivity contribution < 1.29 is 46.9 Å². The minimum Gasteiger partial charge on any atom is -0.373 e. The molecule has 10 nitrogen and oxygen atoms in total. The first-order valence-electron chi connectivity index (χ1n) is 5.05. The van der Waals surface area contributed by atoms with Crippen LogP contribution in [0.2, 0.25) is 0 Å². The summed E-state index contributed by atoms with van der Waals surface area (Å²) < 4.78 is 25.3. The Morgan fingerprint density at radius 3 is 1.04 bits per heavy atom. The van der Waals surface area contributed by atoms with Crippen molar-refractivity contribution in [1.29, 1.82) is 0 Å². The first-order chi connectivity index (χ1) is 11.0. The van der Waals surface area contributed by atoms with Crippen LogP contribution in [0.4, 0.5) is 0 Å². The molecule has 0 saturated carbocycles. The van der Waals surface area contributed by atoms with E-state index in [0.717, 1.165) is 35.6 Å². The van der Waals surface area contributed by atoms with Gasteiger partial charge in [-0.2, -0.15) is 4.57 Å². The molecule has 0 aromatic rings. The maximum Gasteiger partial charge on any atom is 0.649 e. The van der Waals surface area contributed by atoms with Gasteiger partial charge < -0.3 is 13.6 Å². The molecule has 0 atom stereocenters. The molecule has 23 heavy (non-hydrogen) atoms. The van der Waals surface area contributed by atoms with E-state index < -0.39 is 25.1 Å². The standard InChI is InChI=1S/C12H3O10P/c13-4-1-10(7-16)20-23(19,21-11(8-17)2-5-14)22-12(9-18)3-6-15/h1-3H. The zero-order chi connectivity index (χ0) is 17.7. The van der Waals surface area contributed by atoms with Crippen molar-refractivity contribution in [1.82, 2.24) is 0 Å². The Morgan fingerprint density at radius 1 is 0.609 bits per heavy atom. The van der Waals surface area contributed by atoms with Crippen LogP contribution in [0.25, 0.3) is 0 Å². The molecule has 0 spiro atoms. The van der Waals surface area contributed by atoms with Crippen molar-refractivity contribution in [2.75, 3.05) is 0 Å². The lowest BCUT2D eigenvalue weighted by Gasteiger charge is -2.16. The van der Waals surface area contributed by atoms with E-state index in [9.17, 15) is 33.3 Å². The van der Waals surface area contributed by atoms with Crippen molar-refractivity contribution in [3.05, 3.63) is 35.5 Å². The summed E-state index contributed by atoms with van der Waals surface area (Å²) >= 11 is 0. The molecule has 0 N–H and O–H groups in total. The zero-order valence-electron chi connectivity index (χ0n) is 10.8. The van der Waals surface area contributed by atoms with E-state index in [-0.39, 0.29) is 0 Å². The second-order valence-electron chi connectivity index (χ2n) is 2.91. The van der Waals surface area contributed by atoms with Crippen molar-refractivity contribution in [3.8, 4) is 0 Å². The van der Waals surface area contributed by atoms with Crippen molar-refractivity contribution in [2.24, 2.45) is 0 Å². The minimum atomic E-state index is -5.06. The van der Waals surface area contributed by atoms with E-state index in [0.29, 0.717) is 18.2 Å². The smallest absolute Gasteiger partial charge is 0.373 e. The number of hydrogen-bond donors (Lipinski definition) is 0. The number of hydrogen-bond acceptors (Lipinski definition) is 10. The summed E-state index contributed by atoms with van der Waals surface area (Å²) in [6, 6.07) is 0. The molecule has 0 bridgehead atoms. The van der Waals surface area contributed by atoms with Crippen LogP contribution in [0.15, 0.2) is 35.5 Å². The molecule has 0 radical (unpaired) electrons. The Kier molecular flexibility index (Phi) is 8.50. The Bertz CT molecular complexity index is 705. The summed E-state index contributed by atoms with van der Waals surface area (Å²) in [6.07, 6.45) is 0.976. The van der Waals surface area contributed by atoms with E-state index in [1.165, 1.54) is 0 Å². The Labute approximate surface area is 126 Å².